The molecule has 3 aromatic carbocycles. The fourth-order valence-corrected chi connectivity index (χ4v) is 2.88. The molecule has 3 rings (SSSR count). The number of carbonyl (C=O) groups is 2. The average Bonchev–Trinajstić information content (AvgIpc) is 2.67. The first-order valence-electron chi connectivity index (χ1n) is 8.23. The first-order chi connectivity index (χ1) is 12.6. The molecule has 132 valence electrons. The molecule has 0 radical (unpaired) electrons. The molecule has 0 aromatic heterocycles. The lowest BCUT2D eigenvalue weighted by molar-refractivity contribution is -0.139. The van der Waals surface area contributed by atoms with Crippen LogP contribution in [0.4, 0.5) is 0 Å². The number of nitrogens with one attached hydrogen (secondary N) is 1. The predicted octanol–water partition coefficient (Wildman–Crippen LogP) is 3.27. The molecule has 0 aliphatic heterocycles. The monoisotopic (exact) mass is 349 g/mol. The van der Waals surface area contributed by atoms with Gasteiger partial charge >= 0.3 is 5.97 Å². The van der Waals surface area contributed by atoms with Crippen molar-refractivity contribution in [1.29, 1.82) is 0 Å². The van der Waals surface area contributed by atoms with Gasteiger partial charge in [-0.25, -0.2) is 4.79 Å². The average molecular weight is 349 g/mol. The number of ether oxygens (including phenoxy) is 1. The molecule has 0 aliphatic rings. The van der Waals surface area contributed by atoms with Crippen LogP contribution in [0.25, 0.3) is 10.8 Å². The van der Waals surface area contributed by atoms with Gasteiger partial charge in [-0.2, -0.15) is 0 Å². The van der Waals surface area contributed by atoms with E-state index in [0.29, 0.717) is 5.56 Å². The molecule has 0 saturated heterocycles. The summed E-state index contributed by atoms with van der Waals surface area (Å²) in [4.78, 5) is 24.0. The van der Waals surface area contributed by atoms with Crippen LogP contribution in [-0.2, 0) is 11.2 Å². The Morgan fingerprint density at radius 1 is 1.04 bits per heavy atom. The van der Waals surface area contributed by atoms with E-state index in [1.165, 1.54) is 0 Å². The number of hydrogen-bond acceptors (Lipinski definition) is 3. The third kappa shape index (κ3) is 3.83. The second-order valence-corrected chi connectivity index (χ2v) is 5.94. The third-order valence-corrected chi connectivity index (χ3v) is 4.24. The summed E-state index contributed by atoms with van der Waals surface area (Å²) in [5, 5.41) is 14.1. The van der Waals surface area contributed by atoms with E-state index >= 15 is 0 Å². The highest BCUT2D eigenvalue weighted by Gasteiger charge is 2.22. The predicted molar refractivity (Wildman–Crippen MR) is 99.5 cm³/mol. The maximum absolute atomic E-state index is 12.3. The number of carbonyl (C=O) groups excluding carboxylic acids is 1. The second kappa shape index (κ2) is 7.70. The lowest BCUT2D eigenvalue weighted by Gasteiger charge is -2.16. The van der Waals surface area contributed by atoms with Gasteiger partial charge < -0.3 is 15.2 Å². The summed E-state index contributed by atoms with van der Waals surface area (Å²) in [5.41, 5.74) is 1.28. The Hall–Kier alpha value is -3.34. The fraction of sp³-hybridized carbons (Fsp3) is 0.143. The number of aliphatic carboxylic acids is 1. The number of rotatable bonds is 6. The molecule has 5 heteroatoms. The van der Waals surface area contributed by atoms with Crippen molar-refractivity contribution in [3.63, 3.8) is 0 Å². The van der Waals surface area contributed by atoms with Crippen molar-refractivity contribution in [3.05, 3.63) is 77.9 Å². The minimum absolute atomic E-state index is 0.192. The first-order valence-corrected chi connectivity index (χ1v) is 8.23. The zero-order valence-electron chi connectivity index (χ0n) is 14.3. The normalized spacial score (nSPS) is 11.7. The number of carboxylic acid groups (broad SMARTS) is 1. The smallest absolute Gasteiger partial charge is 0.326 e. The Morgan fingerprint density at radius 3 is 2.50 bits per heavy atom. The largest absolute Gasteiger partial charge is 0.497 e. The van der Waals surface area contributed by atoms with Crippen LogP contribution < -0.4 is 10.1 Å². The topological polar surface area (TPSA) is 75.6 Å². The van der Waals surface area contributed by atoms with Crippen molar-refractivity contribution >= 4 is 22.6 Å². The van der Waals surface area contributed by atoms with Gasteiger partial charge in [-0.3, -0.25) is 4.79 Å². The van der Waals surface area contributed by atoms with Gasteiger partial charge in [-0.1, -0.05) is 42.5 Å². The van der Waals surface area contributed by atoms with Gasteiger partial charge in [-0.15, -0.1) is 0 Å². The van der Waals surface area contributed by atoms with Crippen LogP contribution in [0.1, 0.15) is 15.9 Å². The summed E-state index contributed by atoms with van der Waals surface area (Å²) in [5.74, 6) is -0.735. The van der Waals surface area contributed by atoms with Crippen molar-refractivity contribution < 1.29 is 19.4 Å². The van der Waals surface area contributed by atoms with Gasteiger partial charge in [0.1, 0.15) is 11.8 Å². The number of fused-ring (bicyclic) bond motifs is 1. The number of benzene rings is 3. The van der Waals surface area contributed by atoms with Crippen LogP contribution in [0.5, 0.6) is 5.75 Å². The molecular formula is C21H19NO4. The van der Waals surface area contributed by atoms with E-state index in [9.17, 15) is 14.7 Å². The molecule has 1 unspecified atom stereocenters. The minimum Gasteiger partial charge on any atom is -0.497 e. The molecule has 26 heavy (non-hydrogen) atoms. The quantitative estimate of drug-likeness (QED) is 0.716. The van der Waals surface area contributed by atoms with Crippen LogP contribution >= 0.6 is 0 Å². The Kier molecular flexibility index (Phi) is 5.17. The van der Waals surface area contributed by atoms with Gasteiger partial charge in [0.25, 0.3) is 5.91 Å². The lowest BCUT2D eigenvalue weighted by atomic mass is 9.98. The van der Waals surface area contributed by atoms with E-state index < -0.39 is 17.9 Å². The molecule has 1 amide bonds. The van der Waals surface area contributed by atoms with Gasteiger partial charge in [-0.05, 0) is 40.6 Å². The molecule has 0 spiro atoms. The molecular weight excluding hydrogens is 330 g/mol. The van der Waals surface area contributed by atoms with Crippen molar-refractivity contribution in [2.24, 2.45) is 0 Å². The van der Waals surface area contributed by atoms with Crippen LogP contribution in [0.2, 0.25) is 0 Å². The van der Waals surface area contributed by atoms with Crippen LogP contribution in [0.3, 0.4) is 0 Å². The van der Waals surface area contributed by atoms with E-state index in [0.717, 1.165) is 22.1 Å². The van der Waals surface area contributed by atoms with Gasteiger partial charge in [0.15, 0.2) is 0 Å². The highest BCUT2D eigenvalue weighted by atomic mass is 16.5. The van der Waals surface area contributed by atoms with Crippen molar-refractivity contribution in [2.45, 2.75) is 12.5 Å². The maximum atomic E-state index is 12.3. The molecule has 2 N–H and O–H groups in total. The fourth-order valence-electron chi connectivity index (χ4n) is 2.88. The Bertz CT molecular complexity index is 937. The first kappa shape index (κ1) is 17.5. The summed E-state index contributed by atoms with van der Waals surface area (Å²) in [6.45, 7) is 0. The van der Waals surface area contributed by atoms with Crippen molar-refractivity contribution in [2.75, 3.05) is 7.11 Å². The van der Waals surface area contributed by atoms with E-state index in [1.54, 1.807) is 37.4 Å². The third-order valence-electron chi connectivity index (χ3n) is 4.24. The van der Waals surface area contributed by atoms with Gasteiger partial charge in [0.2, 0.25) is 0 Å². The maximum Gasteiger partial charge on any atom is 0.326 e. The van der Waals surface area contributed by atoms with E-state index in [-0.39, 0.29) is 6.42 Å². The standard InChI is InChI=1S/C21H19NO4/c1-26-17-10-11-18-15(12-17)8-5-9-16(18)13-19(21(24)25)22-20(23)14-6-3-2-4-7-14/h2-12,19H,13H2,1H3,(H,22,23)(H,24,25). The minimum atomic E-state index is -1.07. The number of amides is 1. The molecule has 0 saturated carbocycles. The Morgan fingerprint density at radius 2 is 1.81 bits per heavy atom. The summed E-state index contributed by atoms with van der Waals surface area (Å²) in [6, 6.07) is 18.9. The number of hydrogen-bond donors (Lipinski definition) is 2. The molecule has 0 fully saturated rings. The van der Waals surface area contributed by atoms with E-state index in [1.807, 2.05) is 36.4 Å². The summed E-state index contributed by atoms with van der Waals surface area (Å²) < 4.78 is 5.23. The van der Waals surface area contributed by atoms with E-state index in [2.05, 4.69) is 5.32 Å². The summed E-state index contributed by atoms with van der Waals surface area (Å²) in [7, 11) is 1.60. The van der Waals surface area contributed by atoms with Crippen LogP contribution in [-0.4, -0.2) is 30.1 Å². The lowest BCUT2D eigenvalue weighted by Crippen LogP contribution is -2.42. The highest BCUT2D eigenvalue weighted by molar-refractivity contribution is 5.97. The van der Waals surface area contributed by atoms with E-state index in [4.69, 9.17) is 4.74 Å². The van der Waals surface area contributed by atoms with Crippen LogP contribution in [0, 0.1) is 0 Å². The van der Waals surface area contributed by atoms with Crippen molar-refractivity contribution in [3.8, 4) is 5.75 Å². The van der Waals surface area contributed by atoms with Crippen molar-refractivity contribution in [1.82, 2.24) is 5.32 Å². The zero-order valence-corrected chi connectivity index (χ0v) is 14.3. The summed E-state index contributed by atoms with van der Waals surface area (Å²) in [6.07, 6.45) is 0.192. The van der Waals surface area contributed by atoms with Gasteiger partial charge in [0, 0.05) is 12.0 Å². The molecule has 3 aromatic rings. The molecule has 1 atom stereocenters. The number of carboxylic acids is 1. The summed E-state index contributed by atoms with van der Waals surface area (Å²) >= 11 is 0. The SMILES string of the molecule is COc1ccc2c(CC(NC(=O)c3ccccc3)C(=O)O)cccc2c1. The van der Waals surface area contributed by atoms with Gasteiger partial charge in [0.05, 0.1) is 7.11 Å². The molecule has 0 aliphatic carbocycles. The molecule has 0 bridgehead atoms. The molecule has 5 nitrogen and oxygen atoms in total. The second-order valence-electron chi connectivity index (χ2n) is 5.94. The zero-order chi connectivity index (χ0) is 18.5. The molecule has 0 heterocycles. The van der Waals surface area contributed by atoms with Crippen LogP contribution in [0.15, 0.2) is 66.7 Å². The number of methoxy groups -OCH3 is 1. The Balaban J connectivity index is 1.85. The Labute approximate surface area is 151 Å². The highest BCUT2D eigenvalue weighted by Crippen LogP contribution is 2.24.